The summed E-state index contributed by atoms with van der Waals surface area (Å²) < 4.78 is 26.3. The molecule has 4 aromatic rings. The van der Waals surface area contributed by atoms with Gasteiger partial charge in [-0.1, -0.05) is 24.3 Å². The van der Waals surface area contributed by atoms with Crippen LogP contribution in [0.25, 0.3) is 22.3 Å². The van der Waals surface area contributed by atoms with Gasteiger partial charge in [-0.25, -0.2) is 8.42 Å². The molecule has 4 aromatic carbocycles. The third kappa shape index (κ3) is 5.14. The van der Waals surface area contributed by atoms with Crippen LogP contribution in [0.1, 0.15) is 0 Å². The first-order valence-electron chi connectivity index (χ1n) is 10.7. The van der Waals surface area contributed by atoms with Crippen molar-refractivity contribution in [1.82, 2.24) is 0 Å². The minimum absolute atomic E-state index is 0.0589. The maximum atomic E-state index is 13.2. The molecule has 0 spiro atoms. The first-order chi connectivity index (χ1) is 18.4. The van der Waals surface area contributed by atoms with E-state index in [9.17, 15) is 48.9 Å². The fourth-order valence-corrected chi connectivity index (χ4v) is 5.08. The summed E-state index contributed by atoms with van der Waals surface area (Å²) in [6.07, 6.45) is 0. The predicted molar refractivity (Wildman–Crippen MR) is 136 cm³/mol. The second kappa shape index (κ2) is 10.1. The molecule has 0 fully saturated rings. The average Bonchev–Trinajstić information content (AvgIpc) is 2.92. The van der Waals surface area contributed by atoms with Crippen LogP contribution in [-0.2, 0) is 9.84 Å². The summed E-state index contributed by atoms with van der Waals surface area (Å²) in [5.41, 5.74) is -1.33. The fraction of sp³-hybridized carbons (Fsp3) is 0. The van der Waals surface area contributed by atoms with Gasteiger partial charge in [0.1, 0.15) is 0 Å². The van der Waals surface area contributed by atoms with Crippen LogP contribution in [0.15, 0.2) is 94.7 Å². The van der Waals surface area contributed by atoms with Crippen molar-refractivity contribution in [2.24, 2.45) is 0 Å². The maximum Gasteiger partial charge on any atom is 0.284 e. The van der Waals surface area contributed by atoms with Crippen molar-refractivity contribution in [3.8, 4) is 22.3 Å². The molecule has 0 atom stereocenters. The quantitative estimate of drug-likeness (QED) is 0.199. The Morgan fingerprint density at radius 3 is 1.08 bits per heavy atom. The van der Waals surface area contributed by atoms with Crippen molar-refractivity contribution in [3.05, 3.63) is 125 Å². The smallest absolute Gasteiger partial charge is 0.258 e. The van der Waals surface area contributed by atoms with Gasteiger partial charge < -0.3 is 0 Å². The first kappa shape index (κ1) is 26.5. The number of nitro benzene ring substituents is 4. The van der Waals surface area contributed by atoms with E-state index in [0.29, 0.717) is 0 Å². The van der Waals surface area contributed by atoms with E-state index in [4.69, 9.17) is 0 Å². The molecule has 0 aliphatic carbocycles. The van der Waals surface area contributed by atoms with E-state index < -0.39 is 52.3 Å². The minimum atomic E-state index is -4.07. The van der Waals surface area contributed by atoms with Crippen molar-refractivity contribution in [1.29, 1.82) is 0 Å². The molecule has 0 unspecified atom stereocenters. The molecule has 196 valence electrons. The molecule has 14 nitrogen and oxygen atoms in total. The van der Waals surface area contributed by atoms with E-state index in [-0.39, 0.29) is 32.0 Å². The molecule has 0 aliphatic heterocycles. The van der Waals surface area contributed by atoms with E-state index >= 15 is 0 Å². The lowest BCUT2D eigenvalue weighted by molar-refractivity contribution is -0.394. The van der Waals surface area contributed by atoms with Crippen molar-refractivity contribution in [2.45, 2.75) is 9.79 Å². The van der Waals surface area contributed by atoms with Crippen LogP contribution >= 0.6 is 0 Å². The Labute approximate surface area is 218 Å². The molecular formula is C24H14N4O10S. The molecule has 0 heterocycles. The summed E-state index contributed by atoms with van der Waals surface area (Å²) in [5, 5.41) is 44.8. The summed E-state index contributed by atoms with van der Waals surface area (Å²) in [7, 11) is -4.07. The molecule has 0 N–H and O–H groups in total. The Morgan fingerprint density at radius 1 is 0.462 bits per heavy atom. The topological polar surface area (TPSA) is 207 Å². The number of sulfone groups is 1. The van der Waals surface area contributed by atoms with Gasteiger partial charge in [-0.05, 0) is 47.5 Å². The zero-order valence-corrected chi connectivity index (χ0v) is 20.2. The third-order valence-corrected chi connectivity index (χ3v) is 7.51. The maximum absolute atomic E-state index is 13.2. The van der Waals surface area contributed by atoms with Crippen LogP contribution in [0.2, 0.25) is 0 Å². The van der Waals surface area contributed by atoms with Crippen LogP contribution < -0.4 is 0 Å². The van der Waals surface area contributed by atoms with Crippen molar-refractivity contribution in [2.75, 3.05) is 0 Å². The van der Waals surface area contributed by atoms with Gasteiger partial charge in [-0.2, -0.15) is 0 Å². The second-order valence-electron chi connectivity index (χ2n) is 7.98. The highest BCUT2D eigenvalue weighted by Crippen LogP contribution is 2.36. The number of nitro groups is 4. The van der Waals surface area contributed by atoms with Crippen LogP contribution in [-0.4, -0.2) is 28.1 Å². The van der Waals surface area contributed by atoms with Gasteiger partial charge >= 0.3 is 0 Å². The summed E-state index contributed by atoms with van der Waals surface area (Å²) in [5.74, 6) is 0. The third-order valence-electron chi connectivity index (χ3n) is 5.73. The van der Waals surface area contributed by atoms with Gasteiger partial charge in [0.2, 0.25) is 9.84 Å². The lowest BCUT2D eigenvalue weighted by atomic mass is 10.0. The van der Waals surface area contributed by atoms with E-state index in [1.807, 2.05) is 0 Å². The number of hydrogen-bond acceptors (Lipinski definition) is 10. The lowest BCUT2D eigenvalue weighted by Crippen LogP contribution is -2.02. The highest BCUT2D eigenvalue weighted by atomic mass is 32.2. The highest BCUT2D eigenvalue weighted by molar-refractivity contribution is 7.91. The predicted octanol–water partition coefficient (Wildman–Crippen LogP) is 5.49. The van der Waals surface area contributed by atoms with Crippen LogP contribution in [0.5, 0.6) is 0 Å². The van der Waals surface area contributed by atoms with E-state index in [1.165, 1.54) is 60.7 Å². The number of hydrogen-bond donors (Lipinski definition) is 0. The zero-order chi connectivity index (χ0) is 28.5. The van der Waals surface area contributed by atoms with E-state index in [1.54, 1.807) is 0 Å². The van der Waals surface area contributed by atoms with E-state index in [2.05, 4.69) is 0 Å². The molecular weight excluding hydrogens is 536 g/mol. The van der Waals surface area contributed by atoms with Crippen LogP contribution in [0, 0.1) is 40.5 Å². The Hall–Kier alpha value is -5.57. The number of rotatable bonds is 8. The Balaban J connectivity index is 1.66. The molecule has 0 aliphatic rings. The van der Waals surface area contributed by atoms with Crippen molar-refractivity contribution in [3.63, 3.8) is 0 Å². The van der Waals surface area contributed by atoms with Gasteiger partial charge in [0, 0.05) is 12.1 Å². The molecule has 0 radical (unpaired) electrons. The van der Waals surface area contributed by atoms with Crippen LogP contribution in [0.4, 0.5) is 22.7 Å². The van der Waals surface area contributed by atoms with Gasteiger partial charge in [0.15, 0.2) is 0 Å². The Morgan fingerprint density at radius 2 is 0.795 bits per heavy atom. The largest absolute Gasteiger partial charge is 0.284 e. The summed E-state index contributed by atoms with van der Waals surface area (Å²) in [6, 6.07) is 16.5. The van der Waals surface area contributed by atoms with Gasteiger partial charge in [0.05, 0.1) is 52.7 Å². The number of nitrogens with zero attached hydrogens (tertiary/aromatic N) is 4. The van der Waals surface area contributed by atoms with Crippen molar-refractivity contribution < 1.29 is 28.1 Å². The van der Waals surface area contributed by atoms with Crippen molar-refractivity contribution >= 4 is 32.6 Å². The molecule has 0 aromatic heterocycles. The second-order valence-corrected chi connectivity index (χ2v) is 9.93. The normalized spacial score (nSPS) is 11.1. The highest BCUT2D eigenvalue weighted by Gasteiger charge is 2.24. The fourth-order valence-electron chi connectivity index (χ4n) is 3.82. The zero-order valence-electron chi connectivity index (χ0n) is 19.4. The molecule has 4 rings (SSSR count). The standard InChI is InChI=1S/C24H14N4O10S/c29-25(30)17-5-11-21(23(13-17)27(33)34)15-1-7-19(8-2-15)39(37,38)20-9-3-16(4-10-20)22-12-6-18(26(31)32)14-24(22)28(35)36/h1-14H. The van der Waals surface area contributed by atoms with Crippen LogP contribution in [0.3, 0.4) is 0 Å². The summed E-state index contributed by atoms with van der Waals surface area (Å²) >= 11 is 0. The van der Waals surface area contributed by atoms with Gasteiger partial charge in [-0.15, -0.1) is 0 Å². The summed E-state index contributed by atoms with van der Waals surface area (Å²) in [6.45, 7) is 0. The Bertz CT molecular complexity index is 1650. The molecule has 0 saturated heterocycles. The van der Waals surface area contributed by atoms with Gasteiger partial charge in [-0.3, -0.25) is 40.5 Å². The Kier molecular flexibility index (Phi) is 6.83. The minimum Gasteiger partial charge on any atom is -0.258 e. The average molecular weight is 550 g/mol. The number of non-ortho nitro benzene ring substituents is 2. The molecule has 39 heavy (non-hydrogen) atoms. The summed E-state index contributed by atoms with van der Waals surface area (Å²) in [4.78, 5) is 41.4. The lowest BCUT2D eigenvalue weighted by Gasteiger charge is -2.09. The number of benzene rings is 4. The van der Waals surface area contributed by atoms with Gasteiger partial charge in [0.25, 0.3) is 22.7 Å². The molecule has 0 saturated carbocycles. The molecule has 0 amide bonds. The van der Waals surface area contributed by atoms with E-state index in [0.717, 1.165) is 24.3 Å². The molecule has 15 heteroatoms. The SMILES string of the molecule is O=[N+]([O-])c1ccc(-c2ccc(S(=O)(=O)c3ccc(-c4ccc([N+](=O)[O-])cc4[N+](=O)[O-])cc3)cc2)c([N+](=O)[O-])c1. The first-order valence-corrected chi connectivity index (χ1v) is 12.2. The molecule has 0 bridgehead atoms. The monoisotopic (exact) mass is 550 g/mol.